The normalized spacial score (nSPS) is 17.3. The van der Waals surface area contributed by atoms with Crippen LogP contribution in [0.15, 0.2) is 0 Å². The summed E-state index contributed by atoms with van der Waals surface area (Å²) in [5.41, 5.74) is 0. The molecule has 1 nitrogen and oxygen atoms in total. The zero-order valence-electron chi connectivity index (χ0n) is 7.07. The first-order valence-corrected chi connectivity index (χ1v) is 3.89. The maximum atomic E-state index is 3.25. The molecule has 0 heterocycles. The van der Waals surface area contributed by atoms with Crippen LogP contribution >= 0.6 is 0 Å². The summed E-state index contributed by atoms with van der Waals surface area (Å²) in [7, 11) is 2.02. The first kappa shape index (κ1) is 8.96. The molecule has 0 rings (SSSR count). The molecule has 1 unspecified atom stereocenters. The van der Waals surface area contributed by atoms with Crippen LogP contribution < -0.4 is 5.32 Å². The molecule has 0 fully saturated rings. The predicted octanol–water partition coefficient (Wildman–Crippen LogP) is 2.03. The molecular weight excluding hydrogens is 110 g/mol. The molecule has 2 atom stereocenters. The molecule has 0 saturated heterocycles. The molecule has 0 aliphatic rings. The van der Waals surface area contributed by atoms with Gasteiger partial charge in [0.2, 0.25) is 0 Å². The zero-order chi connectivity index (χ0) is 7.28. The molecule has 0 aliphatic heterocycles. The Morgan fingerprint density at radius 3 is 2.22 bits per heavy atom. The van der Waals surface area contributed by atoms with Gasteiger partial charge in [-0.15, -0.1) is 0 Å². The van der Waals surface area contributed by atoms with Crippen LogP contribution in [0.4, 0.5) is 0 Å². The Labute approximate surface area is 58.8 Å². The van der Waals surface area contributed by atoms with E-state index in [0.717, 1.165) is 5.92 Å². The minimum absolute atomic E-state index is 0.671. The van der Waals surface area contributed by atoms with Gasteiger partial charge in [-0.3, -0.25) is 0 Å². The fraction of sp³-hybridized carbons (Fsp3) is 1.00. The topological polar surface area (TPSA) is 12.0 Å². The van der Waals surface area contributed by atoms with Crippen molar-refractivity contribution < 1.29 is 0 Å². The molecule has 1 N–H and O–H groups in total. The van der Waals surface area contributed by atoms with Crippen LogP contribution in [0.5, 0.6) is 0 Å². The fourth-order valence-corrected chi connectivity index (χ4v) is 0.990. The summed E-state index contributed by atoms with van der Waals surface area (Å²) in [6.45, 7) is 6.77. The van der Waals surface area contributed by atoms with Gasteiger partial charge in [-0.25, -0.2) is 0 Å². The molecule has 0 aromatic heterocycles. The lowest BCUT2D eigenvalue weighted by molar-refractivity contribution is 0.397. The highest BCUT2D eigenvalue weighted by Crippen LogP contribution is 2.08. The molecule has 0 radical (unpaired) electrons. The van der Waals surface area contributed by atoms with Gasteiger partial charge in [0.15, 0.2) is 0 Å². The highest BCUT2D eigenvalue weighted by Gasteiger charge is 2.06. The van der Waals surface area contributed by atoms with Crippen molar-refractivity contribution in [1.29, 1.82) is 0 Å². The van der Waals surface area contributed by atoms with Gasteiger partial charge in [-0.1, -0.05) is 20.3 Å². The van der Waals surface area contributed by atoms with E-state index in [9.17, 15) is 0 Å². The average molecular weight is 129 g/mol. The largest absolute Gasteiger partial charge is 0.317 e. The van der Waals surface area contributed by atoms with E-state index in [-0.39, 0.29) is 0 Å². The van der Waals surface area contributed by atoms with Crippen LogP contribution in [0.2, 0.25) is 0 Å². The third kappa shape index (κ3) is 3.52. The second-order valence-corrected chi connectivity index (χ2v) is 2.84. The maximum absolute atomic E-state index is 3.25. The van der Waals surface area contributed by atoms with Crippen molar-refractivity contribution in [3.8, 4) is 0 Å². The van der Waals surface area contributed by atoms with Crippen molar-refractivity contribution in [2.24, 2.45) is 5.92 Å². The summed E-state index contributed by atoms with van der Waals surface area (Å²) in [5.74, 6) is 0.819. The monoisotopic (exact) mass is 129 g/mol. The summed E-state index contributed by atoms with van der Waals surface area (Å²) in [5, 5.41) is 3.25. The van der Waals surface area contributed by atoms with Crippen molar-refractivity contribution >= 4 is 0 Å². The van der Waals surface area contributed by atoms with E-state index in [2.05, 4.69) is 26.1 Å². The van der Waals surface area contributed by atoms with Crippen molar-refractivity contribution in [2.45, 2.75) is 39.7 Å². The van der Waals surface area contributed by atoms with Gasteiger partial charge in [-0.2, -0.15) is 0 Å². The third-order valence-electron chi connectivity index (χ3n) is 2.05. The van der Waals surface area contributed by atoms with E-state index in [1.165, 1.54) is 12.8 Å². The molecule has 0 aromatic rings. The number of nitrogens with one attached hydrogen (secondary N) is 1. The Kier molecular flexibility index (Phi) is 4.78. The molecule has 0 amide bonds. The fourth-order valence-electron chi connectivity index (χ4n) is 0.990. The van der Waals surface area contributed by atoms with Crippen molar-refractivity contribution in [3.63, 3.8) is 0 Å². The summed E-state index contributed by atoms with van der Waals surface area (Å²) in [6.07, 6.45) is 2.63. The Bertz CT molecular complexity index is 61.6. The van der Waals surface area contributed by atoms with Crippen LogP contribution in [0.25, 0.3) is 0 Å². The molecular formula is C8H19N. The summed E-state index contributed by atoms with van der Waals surface area (Å²) in [4.78, 5) is 0. The lowest BCUT2D eigenvalue weighted by Crippen LogP contribution is -2.28. The van der Waals surface area contributed by atoms with Crippen LogP contribution in [0.1, 0.15) is 33.6 Å². The van der Waals surface area contributed by atoms with Gasteiger partial charge in [0.25, 0.3) is 0 Å². The SMILES string of the molecule is CCCC(C)[C@H](C)NC. The summed E-state index contributed by atoms with van der Waals surface area (Å²) < 4.78 is 0. The zero-order valence-corrected chi connectivity index (χ0v) is 7.07. The standard InChI is InChI=1S/C8H19N/c1-5-6-7(2)8(3)9-4/h7-9H,5-6H2,1-4H3/t7?,8-/m0/s1. The first-order chi connectivity index (χ1) is 4.22. The van der Waals surface area contributed by atoms with E-state index < -0.39 is 0 Å². The van der Waals surface area contributed by atoms with Gasteiger partial charge in [0, 0.05) is 6.04 Å². The second kappa shape index (κ2) is 4.80. The van der Waals surface area contributed by atoms with E-state index >= 15 is 0 Å². The van der Waals surface area contributed by atoms with Gasteiger partial charge >= 0.3 is 0 Å². The van der Waals surface area contributed by atoms with E-state index in [4.69, 9.17) is 0 Å². The van der Waals surface area contributed by atoms with Crippen LogP contribution in [-0.4, -0.2) is 13.1 Å². The number of rotatable bonds is 4. The molecule has 0 spiro atoms. The lowest BCUT2D eigenvalue weighted by atomic mass is 9.99. The smallest absolute Gasteiger partial charge is 0.00613 e. The Balaban J connectivity index is 3.32. The summed E-state index contributed by atoms with van der Waals surface area (Å²) >= 11 is 0. The number of hydrogen-bond donors (Lipinski definition) is 1. The first-order valence-electron chi connectivity index (χ1n) is 3.89. The van der Waals surface area contributed by atoms with E-state index in [1.54, 1.807) is 0 Å². The minimum Gasteiger partial charge on any atom is -0.317 e. The van der Waals surface area contributed by atoms with Crippen molar-refractivity contribution in [1.82, 2.24) is 5.32 Å². The molecule has 9 heavy (non-hydrogen) atoms. The van der Waals surface area contributed by atoms with Gasteiger partial charge in [0.05, 0.1) is 0 Å². The minimum atomic E-state index is 0.671. The van der Waals surface area contributed by atoms with Crippen LogP contribution in [-0.2, 0) is 0 Å². The molecule has 0 saturated carbocycles. The highest BCUT2D eigenvalue weighted by molar-refractivity contribution is 4.64. The van der Waals surface area contributed by atoms with E-state index in [0.29, 0.717) is 6.04 Å². The average Bonchev–Trinajstić information content (AvgIpc) is 1.87. The third-order valence-corrected chi connectivity index (χ3v) is 2.05. The summed E-state index contributed by atoms with van der Waals surface area (Å²) in [6, 6.07) is 0.671. The lowest BCUT2D eigenvalue weighted by Gasteiger charge is -2.17. The van der Waals surface area contributed by atoms with Crippen LogP contribution in [0.3, 0.4) is 0 Å². The maximum Gasteiger partial charge on any atom is 0.00613 e. The Morgan fingerprint density at radius 2 is 1.89 bits per heavy atom. The quantitative estimate of drug-likeness (QED) is 0.612. The molecule has 1 heteroatoms. The van der Waals surface area contributed by atoms with Gasteiger partial charge in [0.1, 0.15) is 0 Å². The van der Waals surface area contributed by atoms with Gasteiger partial charge in [-0.05, 0) is 26.3 Å². The highest BCUT2D eigenvalue weighted by atomic mass is 14.9. The Morgan fingerprint density at radius 1 is 1.33 bits per heavy atom. The molecule has 0 aromatic carbocycles. The van der Waals surface area contributed by atoms with Crippen LogP contribution in [0, 0.1) is 5.92 Å². The van der Waals surface area contributed by atoms with Gasteiger partial charge < -0.3 is 5.32 Å². The molecule has 0 aliphatic carbocycles. The molecule has 0 bridgehead atoms. The molecule has 56 valence electrons. The van der Waals surface area contributed by atoms with Crippen molar-refractivity contribution in [2.75, 3.05) is 7.05 Å². The number of hydrogen-bond acceptors (Lipinski definition) is 1. The van der Waals surface area contributed by atoms with Crippen molar-refractivity contribution in [3.05, 3.63) is 0 Å². The Hall–Kier alpha value is -0.0400. The van der Waals surface area contributed by atoms with E-state index in [1.807, 2.05) is 7.05 Å². The predicted molar refractivity (Wildman–Crippen MR) is 42.6 cm³/mol. The second-order valence-electron chi connectivity index (χ2n) is 2.84.